The van der Waals surface area contributed by atoms with Gasteiger partial charge in [-0.15, -0.1) is 0 Å². The van der Waals surface area contributed by atoms with Crippen LogP contribution in [0.2, 0.25) is 0 Å². The van der Waals surface area contributed by atoms with E-state index < -0.39 is 0 Å². The molecule has 3 aromatic rings. The van der Waals surface area contributed by atoms with Gasteiger partial charge in [-0.3, -0.25) is 4.79 Å². The van der Waals surface area contributed by atoms with Crippen molar-refractivity contribution in [2.45, 2.75) is 0 Å². The lowest BCUT2D eigenvalue weighted by Crippen LogP contribution is -2.21. The van der Waals surface area contributed by atoms with E-state index in [0.717, 1.165) is 22.3 Å². The van der Waals surface area contributed by atoms with Crippen LogP contribution in [0, 0.1) is 0 Å². The number of aromatic nitrogens is 1. The van der Waals surface area contributed by atoms with Crippen LogP contribution in [0.1, 0.15) is 0 Å². The molecule has 0 atom stereocenters. The zero-order chi connectivity index (χ0) is 15.5. The van der Waals surface area contributed by atoms with Gasteiger partial charge in [0, 0.05) is 30.4 Å². The smallest absolute Gasteiger partial charge is 0.256 e. The summed E-state index contributed by atoms with van der Waals surface area (Å²) in [6, 6.07) is 17.6. The second kappa shape index (κ2) is 6.03. The van der Waals surface area contributed by atoms with E-state index in [2.05, 4.69) is 4.98 Å². The molecular formula is C18H18N2O2. The summed E-state index contributed by atoms with van der Waals surface area (Å²) in [5.74, 6) is 0. The second-order valence-corrected chi connectivity index (χ2v) is 5.29. The Morgan fingerprint density at radius 1 is 1.09 bits per heavy atom. The largest absolute Gasteiger partial charge is 0.395 e. The zero-order valence-electron chi connectivity index (χ0n) is 12.4. The molecule has 112 valence electrons. The van der Waals surface area contributed by atoms with E-state index in [1.165, 1.54) is 0 Å². The molecule has 0 aliphatic heterocycles. The first-order valence-electron chi connectivity index (χ1n) is 7.23. The van der Waals surface area contributed by atoms with Crippen LogP contribution >= 0.6 is 0 Å². The number of aliphatic hydroxyl groups excluding tert-OH is 1. The van der Waals surface area contributed by atoms with Crippen LogP contribution in [0.4, 0.5) is 5.69 Å². The Morgan fingerprint density at radius 2 is 1.86 bits per heavy atom. The summed E-state index contributed by atoms with van der Waals surface area (Å²) >= 11 is 0. The third kappa shape index (κ3) is 2.73. The molecule has 2 N–H and O–H groups in total. The average molecular weight is 294 g/mol. The van der Waals surface area contributed by atoms with Gasteiger partial charge in [0.15, 0.2) is 0 Å². The van der Waals surface area contributed by atoms with Crippen molar-refractivity contribution in [1.29, 1.82) is 0 Å². The average Bonchev–Trinajstić information content (AvgIpc) is 2.55. The zero-order valence-corrected chi connectivity index (χ0v) is 12.4. The number of pyridine rings is 1. The number of rotatable bonds is 4. The molecule has 4 nitrogen and oxygen atoms in total. The molecular weight excluding hydrogens is 276 g/mol. The highest BCUT2D eigenvalue weighted by atomic mass is 16.3. The second-order valence-electron chi connectivity index (χ2n) is 5.29. The maximum atomic E-state index is 12.4. The molecule has 1 heterocycles. The van der Waals surface area contributed by atoms with Crippen LogP contribution in [0.5, 0.6) is 0 Å². The van der Waals surface area contributed by atoms with Crippen molar-refractivity contribution in [3.05, 3.63) is 65.0 Å². The van der Waals surface area contributed by atoms with Crippen molar-refractivity contribution in [2.75, 3.05) is 25.1 Å². The van der Waals surface area contributed by atoms with Gasteiger partial charge < -0.3 is 15.0 Å². The molecule has 0 spiro atoms. The minimum Gasteiger partial charge on any atom is -0.395 e. The number of fused-ring (bicyclic) bond motifs is 1. The molecule has 0 amide bonds. The number of anilines is 1. The molecule has 0 aliphatic carbocycles. The molecule has 4 heteroatoms. The van der Waals surface area contributed by atoms with Gasteiger partial charge in [0.2, 0.25) is 0 Å². The summed E-state index contributed by atoms with van der Waals surface area (Å²) in [6.07, 6.45) is 0. The van der Waals surface area contributed by atoms with Gasteiger partial charge in [-0.25, -0.2) is 0 Å². The van der Waals surface area contributed by atoms with E-state index >= 15 is 0 Å². The minimum atomic E-state index is -0.101. The fraction of sp³-hybridized carbons (Fsp3) is 0.167. The number of nitrogens with one attached hydrogen (secondary N) is 1. The lowest BCUT2D eigenvalue weighted by Gasteiger charge is -2.18. The highest BCUT2D eigenvalue weighted by Gasteiger charge is 2.07. The quantitative estimate of drug-likeness (QED) is 0.777. The van der Waals surface area contributed by atoms with Crippen LogP contribution in [-0.4, -0.2) is 30.3 Å². The number of benzene rings is 2. The summed E-state index contributed by atoms with van der Waals surface area (Å²) in [7, 11) is 1.89. The number of aliphatic hydroxyl groups is 1. The van der Waals surface area contributed by atoms with Gasteiger partial charge in [-0.2, -0.15) is 0 Å². The van der Waals surface area contributed by atoms with E-state index in [1.54, 1.807) is 0 Å². The van der Waals surface area contributed by atoms with Crippen molar-refractivity contribution in [3.8, 4) is 11.3 Å². The summed E-state index contributed by atoms with van der Waals surface area (Å²) in [5.41, 5.74) is 2.62. The number of nitrogens with zero attached hydrogens (tertiary/aromatic N) is 1. The molecule has 2 aromatic carbocycles. The molecule has 0 aliphatic rings. The van der Waals surface area contributed by atoms with Gasteiger partial charge in [-0.05, 0) is 29.1 Å². The SMILES string of the molecule is CN(CCO)c1ccc2cc(-c3ccccc3)[nH]c(=O)c2c1. The molecule has 0 bridgehead atoms. The normalized spacial score (nSPS) is 10.8. The molecule has 22 heavy (non-hydrogen) atoms. The molecule has 0 radical (unpaired) electrons. The summed E-state index contributed by atoms with van der Waals surface area (Å²) in [6.45, 7) is 0.614. The Kier molecular flexibility index (Phi) is 3.94. The van der Waals surface area contributed by atoms with E-state index in [1.807, 2.05) is 66.5 Å². The van der Waals surface area contributed by atoms with E-state index in [4.69, 9.17) is 5.11 Å². The first-order valence-corrected chi connectivity index (χ1v) is 7.23. The Hall–Kier alpha value is -2.59. The Bertz CT molecular complexity index is 841. The lowest BCUT2D eigenvalue weighted by atomic mass is 10.1. The van der Waals surface area contributed by atoms with Gasteiger partial charge in [0.1, 0.15) is 0 Å². The van der Waals surface area contributed by atoms with Crippen molar-refractivity contribution in [1.82, 2.24) is 4.98 Å². The Balaban J connectivity index is 2.09. The van der Waals surface area contributed by atoms with Crippen LogP contribution in [-0.2, 0) is 0 Å². The van der Waals surface area contributed by atoms with Gasteiger partial charge in [-0.1, -0.05) is 36.4 Å². The molecule has 0 unspecified atom stereocenters. The van der Waals surface area contributed by atoms with E-state index in [-0.39, 0.29) is 12.2 Å². The molecule has 3 rings (SSSR count). The minimum absolute atomic E-state index is 0.0812. The van der Waals surface area contributed by atoms with E-state index in [0.29, 0.717) is 11.9 Å². The van der Waals surface area contributed by atoms with Gasteiger partial charge in [0.25, 0.3) is 5.56 Å². The fourth-order valence-corrected chi connectivity index (χ4v) is 2.54. The maximum Gasteiger partial charge on any atom is 0.256 e. The first-order chi connectivity index (χ1) is 10.7. The third-order valence-corrected chi connectivity index (χ3v) is 3.79. The number of likely N-dealkylation sites (N-methyl/N-ethyl adjacent to an activating group) is 1. The summed E-state index contributed by atoms with van der Waals surface area (Å²) < 4.78 is 0. The van der Waals surface area contributed by atoms with Crippen LogP contribution < -0.4 is 10.5 Å². The topological polar surface area (TPSA) is 56.3 Å². The monoisotopic (exact) mass is 294 g/mol. The number of aromatic amines is 1. The summed E-state index contributed by atoms with van der Waals surface area (Å²) in [4.78, 5) is 17.2. The lowest BCUT2D eigenvalue weighted by molar-refractivity contribution is 0.304. The third-order valence-electron chi connectivity index (χ3n) is 3.79. The molecule has 0 saturated heterocycles. The van der Waals surface area contributed by atoms with Crippen LogP contribution in [0.25, 0.3) is 22.0 Å². The predicted octanol–water partition coefficient (Wildman–Crippen LogP) is 2.62. The highest BCUT2D eigenvalue weighted by molar-refractivity contribution is 5.87. The van der Waals surface area contributed by atoms with Gasteiger partial charge in [0.05, 0.1) is 6.61 Å². The standard InChI is InChI=1S/C18H18N2O2/c1-20(9-10-21)15-8-7-14-11-17(13-5-3-2-4-6-13)19-18(22)16(14)12-15/h2-8,11-12,21H,9-10H2,1H3,(H,19,22). The molecule has 0 fully saturated rings. The molecule has 0 saturated carbocycles. The predicted molar refractivity (Wildman–Crippen MR) is 90.4 cm³/mol. The van der Waals surface area contributed by atoms with Crippen LogP contribution in [0.15, 0.2) is 59.4 Å². The first kappa shape index (κ1) is 14.4. The maximum absolute atomic E-state index is 12.4. The van der Waals surface area contributed by atoms with Crippen molar-refractivity contribution < 1.29 is 5.11 Å². The molecule has 1 aromatic heterocycles. The van der Waals surface area contributed by atoms with Crippen molar-refractivity contribution in [3.63, 3.8) is 0 Å². The fourth-order valence-electron chi connectivity index (χ4n) is 2.54. The highest BCUT2D eigenvalue weighted by Crippen LogP contribution is 2.23. The number of H-pyrrole nitrogens is 1. The van der Waals surface area contributed by atoms with Crippen molar-refractivity contribution in [2.24, 2.45) is 0 Å². The van der Waals surface area contributed by atoms with Crippen LogP contribution in [0.3, 0.4) is 0 Å². The Morgan fingerprint density at radius 3 is 2.59 bits per heavy atom. The van der Waals surface area contributed by atoms with E-state index in [9.17, 15) is 4.79 Å². The van der Waals surface area contributed by atoms with Gasteiger partial charge >= 0.3 is 0 Å². The summed E-state index contributed by atoms with van der Waals surface area (Å²) in [5, 5.41) is 10.6. The number of hydrogen-bond acceptors (Lipinski definition) is 3. The Labute approximate surface area is 128 Å². The number of hydrogen-bond donors (Lipinski definition) is 2. The van der Waals surface area contributed by atoms with Crippen molar-refractivity contribution >= 4 is 16.5 Å².